The van der Waals surface area contributed by atoms with E-state index in [1.807, 2.05) is 36.4 Å². The van der Waals surface area contributed by atoms with Crippen molar-refractivity contribution < 1.29 is 9.13 Å². The number of anilines is 1. The van der Waals surface area contributed by atoms with Gasteiger partial charge in [-0.05, 0) is 81.3 Å². The second-order valence-corrected chi connectivity index (χ2v) is 12.9. The van der Waals surface area contributed by atoms with Crippen LogP contribution in [0.4, 0.5) is 10.2 Å². The van der Waals surface area contributed by atoms with Gasteiger partial charge in [-0.25, -0.2) is 4.39 Å². The maximum Gasteiger partial charge on any atom is 0.319 e. The van der Waals surface area contributed by atoms with Gasteiger partial charge in [0.15, 0.2) is 5.82 Å². The van der Waals surface area contributed by atoms with Crippen LogP contribution in [0.3, 0.4) is 0 Å². The predicted molar refractivity (Wildman–Crippen MR) is 167 cm³/mol. The Hall–Kier alpha value is -3.80. The average molecular weight is 577 g/mol. The smallest absolute Gasteiger partial charge is 0.319 e. The van der Waals surface area contributed by atoms with E-state index in [0.717, 1.165) is 61.2 Å². The van der Waals surface area contributed by atoms with E-state index in [9.17, 15) is 0 Å². The van der Waals surface area contributed by atoms with E-state index in [1.54, 1.807) is 6.20 Å². The number of nitrogens with zero attached hydrogens (tertiary/aromatic N) is 5. The molecule has 3 saturated heterocycles. The molecule has 8 heteroatoms. The SMILES string of the molecule is NCC#Cc1cccc2cccc(-c3ncc4c(N5CC6CCC(C6)C5)nc(OCC56CCCN5CCC6)nc4c3F)c12. The maximum atomic E-state index is 16.8. The van der Waals surface area contributed by atoms with E-state index in [-0.39, 0.29) is 29.3 Å². The molecule has 2 aromatic carbocycles. The summed E-state index contributed by atoms with van der Waals surface area (Å²) in [5.41, 5.74) is 7.73. The minimum Gasteiger partial charge on any atom is -0.461 e. The molecule has 4 aliphatic rings. The molecule has 220 valence electrons. The zero-order valence-corrected chi connectivity index (χ0v) is 24.5. The second kappa shape index (κ2) is 10.7. The highest BCUT2D eigenvalue weighted by Gasteiger charge is 2.45. The number of aromatic nitrogens is 3. The monoisotopic (exact) mass is 576 g/mol. The van der Waals surface area contributed by atoms with Crippen molar-refractivity contribution >= 4 is 27.5 Å². The van der Waals surface area contributed by atoms with Gasteiger partial charge in [-0.2, -0.15) is 9.97 Å². The summed E-state index contributed by atoms with van der Waals surface area (Å²) in [6.07, 6.45) is 10.2. The van der Waals surface area contributed by atoms with Crippen LogP contribution in [0, 0.1) is 29.5 Å². The number of fused-ring (bicyclic) bond motifs is 5. The van der Waals surface area contributed by atoms with Crippen LogP contribution in [0.5, 0.6) is 6.01 Å². The van der Waals surface area contributed by atoms with E-state index in [4.69, 9.17) is 25.4 Å². The summed E-state index contributed by atoms with van der Waals surface area (Å²) in [4.78, 5) is 19.4. The molecule has 8 rings (SSSR count). The average Bonchev–Trinajstić information content (AvgIpc) is 3.72. The Morgan fingerprint density at radius 3 is 2.56 bits per heavy atom. The van der Waals surface area contributed by atoms with Crippen LogP contribution in [0.15, 0.2) is 42.6 Å². The number of hydrogen-bond acceptors (Lipinski definition) is 7. The van der Waals surface area contributed by atoms with Crippen LogP contribution in [-0.4, -0.2) is 64.7 Å². The van der Waals surface area contributed by atoms with E-state index in [1.165, 1.54) is 32.1 Å². The lowest BCUT2D eigenvalue weighted by Crippen LogP contribution is -2.43. The van der Waals surface area contributed by atoms with E-state index < -0.39 is 5.82 Å². The first-order valence-electron chi connectivity index (χ1n) is 15.8. The number of benzene rings is 2. The lowest BCUT2D eigenvalue weighted by Gasteiger charge is -2.34. The Kier molecular flexibility index (Phi) is 6.69. The van der Waals surface area contributed by atoms with Crippen LogP contribution in [0.1, 0.15) is 50.5 Å². The number of pyridine rings is 1. The quantitative estimate of drug-likeness (QED) is 0.313. The van der Waals surface area contributed by atoms with Crippen molar-refractivity contribution in [3.63, 3.8) is 0 Å². The maximum absolute atomic E-state index is 16.8. The van der Waals surface area contributed by atoms with Crippen LogP contribution in [-0.2, 0) is 0 Å². The topological polar surface area (TPSA) is 80.4 Å². The number of halogens is 1. The molecule has 43 heavy (non-hydrogen) atoms. The van der Waals surface area contributed by atoms with Gasteiger partial charge in [0.25, 0.3) is 0 Å². The Morgan fingerprint density at radius 2 is 1.79 bits per heavy atom. The zero-order valence-electron chi connectivity index (χ0n) is 24.5. The molecule has 0 spiro atoms. The molecule has 2 unspecified atom stereocenters. The molecule has 7 nitrogen and oxygen atoms in total. The van der Waals surface area contributed by atoms with Crippen LogP contribution in [0.2, 0.25) is 0 Å². The first-order chi connectivity index (χ1) is 21.1. The molecule has 2 atom stereocenters. The largest absolute Gasteiger partial charge is 0.461 e. The zero-order chi connectivity index (χ0) is 29.0. The van der Waals surface area contributed by atoms with Crippen molar-refractivity contribution in [2.45, 2.75) is 50.5 Å². The summed E-state index contributed by atoms with van der Waals surface area (Å²) in [6.45, 7) is 4.88. The van der Waals surface area contributed by atoms with Crippen molar-refractivity contribution in [2.75, 3.05) is 44.2 Å². The van der Waals surface area contributed by atoms with Crippen molar-refractivity contribution in [3.05, 3.63) is 54.0 Å². The van der Waals surface area contributed by atoms with E-state index in [0.29, 0.717) is 29.4 Å². The van der Waals surface area contributed by atoms with Crippen LogP contribution >= 0.6 is 0 Å². The lowest BCUT2D eigenvalue weighted by molar-refractivity contribution is 0.108. The van der Waals surface area contributed by atoms with Gasteiger partial charge >= 0.3 is 6.01 Å². The molecule has 0 radical (unpaired) electrons. The van der Waals surface area contributed by atoms with Crippen molar-refractivity contribution in [3.8, 4) is 29.1 Å². The lowest BCUT2D eigenvalue weighted by atomic mass is 9.95. The summed E-state index contributed by atoms with van der Waals surface area (Å²) < 4.78 is 23.3. The van der Waals surface area contributed by atoms with Gasteiger partial charge in [-0.1, -0.05) is 42.2 Å². The molecule has 2 N–H and O–H groups in total. The molecule has 3 aliphatic heterocycles. The first-order valence-corrected chi connectivity index (χ1v) is 15.8. The highest BCUT2D eigenvalue weighted by molar-refractivity contribution is 6.02. The number of rotatable bonds is 5. The number of piperidine rings is 1. The molecule has 4 fully saturated rings. The fourth-order valence-corrected chi connectivity index (χ4v) is 8.34. The molecule has 5 heterocycles. The van der Waals surface area contributed by atoms with Crippen molar-refractivity contribution in [1.82, 2.24) is 19.9 Å². The van der Waals surface area contributed by atoms with Gasteiger partial charge in [-0.3, -0.25) is 9.88 Å². The summed E-state index contributed by atoms with van der Waals surface area (Å²) in [6, 6.07) is 12.0. The molecule has 1 aliphatic carbocycles. The second-order valence-electron chi connectivity index (χ2n) is 12.9. The summed E-state index contributed by atoms with van der Waals surface area (Å²) in [7, 11) is 0. The van der Waals surface area contributed by atoms with Gasteiger partial charge in [-0.15, -0.1) is 0 Å². The summed E-state index contributed by atoms with van der Waals surface area (Å²) in [5, 5.41) is 2.47. The Bertz CT molecular complexity index is 1750. The minimum absolute atomic E-state index is 0.0502. The molecule has 1 saturated carbocycles. The summed E-state index contributed by atoms with van der Waals surface area (Å²) in [5.74, 6) is 7.71. The Morgan fingerprint density at radius 1 is 1.02 bits per heavy atom. The normalized spacial score (nSPS) is 22.6. The van der Waals surface area contributed by atoms with Gasteiger partial charge in [0, 0.05) is 35.8 Å². The van der Waals surface area contributed by atoms with Crippen molar-refractivity contribution in [1.29, 1.82) is 0 Å². The van der Waals surface area contributed by atoms with E-state index in [2.05, 4.69) is 21.6 Å². The van der Waals surface area contributed by atoms with Gasteiger partial charge < -0.3 is 15.4 Å². The fourth-order valence-electron chi connectivity index (χ4n) is 8.34. The molecule has 2 aromatic heterocycles. The Balaban J connectivity index is 1.26. The van der Waals surface area contributed by atoms with Crippen LogP contribution < -0.4 is 15.4 Å². The number of ether oxygens (including phenoxy) is 1. The number of nitrogens with two attached hydrogens (primary N) is 1. The summed E-state index contributed by atoms with van der Waals surface area (Å²) >= 11 is 0. The third-order valence-corrected chi connectivity index (χ3v) is 10.3. The number of hydrogen-bond donors (Lipinski definition) is 1. The van der Waals surface area contributed by atoms with Crippen molar-refractivity contribution in [2.24, 2.45) is 17.6 Å². The van der Waals surface area contributed by atoms with Gasteiger partial charge in [0.2, 0.25) is 0 Å². The predicted octanol–water partition coefficient (Wildman–Crippen LogP) is 5.54. The fraction of sp³-hybridized carbons (Fsp3) is 0.457. The molecule has 2 bridgehead atoms. The molecule has 4 aromatic rings. The third kappa shape index (κ3) is 4.61. The van der Waals surface area contributed by atoms with E-state index >= 15 is 4.39 Å². The molecular formula is C35H37FN6O. The van der Waals surface area contributed by atoms with Crippen LogP contribution in [0.25, 0.3) is 32.9 Å². The third-order valence-electron chi connectivity index (χ3n) is 10.3. The molecule has 0 amide bonds. The van der Waals surface area contributed by atoms with Gasteiger partial charge in [0.1, 0.15) is 23.6 Å². The standard InChI is InChI=1S/C35H37FN6O/c36-30-31(27-10-2-8-25-6-1-7-26(29(25)27)9-3-15-37)38-19-28-32(30)39-34(43-22-35-13-4-16-42(35)17-5-14-35)40-33(28)41-20-23-11-12-24(18-23)21-41/h1-2,6-8,10,19,23-24H,4-5,11-18,20-22,37H2. The molecular weight excluding hydrogens is 539 g/mol. The minimum atomic E-state index is -0.457. The first kappa shape index (κ1) is 26.8. The van der Waals surface area contributed by atoms with Gasteiger partial charge in [0.05, 0.1) is 17.5 Å². The Labute approximate surface area is 251 Å². The highest BCUT2D eigenvalue weighted by Crippen LogP contribution is 2.42. The highest BCUT2D eigenvalue weighted by atomic mass is 19.1.